The quantitative estimate of drug-likeness (QED) is 0.659. The van der Waals surface area contributed by atoms with E-state index in [0.29, 0.717) is 17.9 Å². The van der Waals surface area contributed by atoms with E-state index in [1.54, 1.807) is 12.3 Å². The molecule has 1 saturated carbocycles. The average Bonchev–Trinajstić information content (AvgIpc) is 2.36. The smallest absolute Gasteiger partial charge is 0.248 e. The average molecular weight is 290 g/mol. The molecule has 1 aromatic rings. The zero-order valence-electron chi connectivity index (χ0n) is 10.6. The van der Waals surface area contributed by atoms with Gasteiger partial charge in [-0.3, -0.25) is 16.3 Å². The molecule has 1 heterocycles. The first-order valence-electron chi connectivity index (χ1n) is 6.45. The lowest BCUT2D eigenvalue weighted by molar-refractivity contribution is -0.0548. The van der Waals surface area contributed by atoms with Crippen LogP contribution in [0.3, 0.4) is 0 Å². The van der Waals surface area contributed by atoms with Crippen molar-refractivity contribution in [3.8, 4) is 0 Å². The summed E-state index contributed by atoms with van der Waals surface area (Å²) in [6.07, 6.45) is 5.05. The maximum atomic E-state index is 13.4. The van der Waals surface area contributed by atoms with E-state index in [1.807, 2.05) is 0 Å². The number of hydrogen-bond donors (Lipinski definition) is 2. The van der Waals surface area contributed by atoms with E-state index in [1.165, 1.54) is 6.20 Å². The molecule has 0 aromatic carbocycles. The van der Waals surface area contributed by atoms with Crippen LogP contribution in [0.1, 0.15) is 43.7 Å². The fraction of sp³-hybridized carbons (Fsp3) is 0.615. The molecular formula is C13H18ClF2N3. The predicted molar refractivity (Wildman–Crippen MR) is 70.8 cm³/mol. The van der Waals surface area contributed by atoms with Crippen molar-refractivity contribution in [2.75, 3.05) is 0 Å². The van der Waals surface area contributed by atoms with Gasteiger partial charge >= 0.3 is 0 Å². The summed E-state index contributed by atoms with van der Waals surface area (Å²) in [5, 5.41) is 0.507. The summed E-state index contributed by atoms with van der Waals surface area (Å²) in [5.74, 6) is 2.97. The molecule has 6 heteroatoms. The molecule has 1 fully saturated rings. The van der Waals surface area contributed by atoms with Crippen LogP contribution >= 0.6 is 11.6 Å². The largest absolute Gasteiger partial charge is 0.271 e. The molecule has 3 N–H and O–H groups in total. The van der Waals surface area contributed by atoms with Gasteiger partial charge in [-0.1, -0.05) is 11.6 Å². The van der Waals surface area contributed by atoms with E-state index in [2.05, 4.69) is 10.4 Å². The Kier molecular flexibility index (Phi) is 4.71. The van der Waals surface area contributed by atoms with E-state index in [4.69, 9.17) is 17.4 Å². The van der Waals surface area contributed by atoms with Gasteiger partial charge in [0, 0.05) is 31.3 Å². The molecule has 19 heavy (non-hydrogen) atoms. The number of pyridine rings is 1. The molecular weight excluding hydrogens is 272 g/mol. The number of nitrogens with two attached hydrogens (primary N) is 1. The van der Waals surface area contributed by atoms with Crippen LogP contribution in [-0.4, -0.2) is 10.9 Å². The van der Waals surface area contributed by atoms with Gasteiger partial charge in [0.1, 0.15) is 0 Å². The summed E-state index contributed by atoms with van der Waals surface area (Å²) in [7, 11) is 0. The van der Waals surface area contributed by atoms with Crippen molar-refractivity contribution in [3.63, 3.8) is 0 Å². The molecule has 1 aliphatic rings. The van der Waals surface area contributed by atoms with Crippen LogP contribution in [0.25, 0.3) is 0 Å². The number of nitrogens with zero attached hydrogens (tertiary/aromatic N) is 1. The molecule has 0 aliphatic heterocycles. The number of hydrazine groups is 1. The van der Waals surface area contributed by atoms with Gasteiger partial charge in [-0.15, -0.1) is 0 Å². The second-order valence-corrected chi connectivity index (χ2v) is 5.58. The molecule has 1 aromatic heterocycles. The standard InChI is InChI=1S/C13H18ClF2N3/c14-11-8-18-5-3-10(11)12(19-17)6-9-2-1-4-13(15,16)7-9/h3,5,8-9,12,19H,1-2,4,6-7,17H2. The lowest BCUT2D eigenvalue weighted by Crippen LogP contribution is -2.33. The highest BCUT2D eigenvalue weighted by Crippen LogP contribution is 2.40. The Hall–Kier alpha value is -0.780. The van der Waals surface area contributed by atoms with Crippen LogP contribution in [0, 0.1) is 5.92 Å². The van der Waals surface area contributed by atoms with Gasteiger partial charge in [0.05, 0.1) is 5.02 Å². The number of halogens is 3. The number of nitrogens with one attached hydrogen (secondary N) is 1. The van der Waals surface area contributed by atoms with E-state index in [9.17, 15) is 8.78 Å². The first-order chi connectivity index (χ1) is 9.02. The zero-order valence-corrected chi connectivity index (χ0v) is 11.3. The van der Waals surface area contributed by atoms with Gasteiger partial charge < -0.3 is 0 Å². The molecule has 1 aliphatic carbocycles. The number of rotatable bonds is 4. The van der Waals surface area contributed by atoms with Crippen molar-refractivity contribution < 1.29 is 8.78 Å². The minimum Gasteiger partial charge on any atom is -0.271 e. The molecule has 0 saturated heterocycles. The monoisotopic (exact) mass is 289 g/mol. The van der Waals surface area contributed by atoms with Crippen LogP contribution in [0.5, 0.6) is 0 Å². The highest BCUT2D eigenvalue weighted by atomic mass is 35.5. The summed E-state index contributed by atoms with van der Waals surface area (Å²) in [4.78, 5) is 3.91. The number of aromatic nitrogens is 1. The zero-order chi connectivity index (χ0) is 13.9. The third-order valence-electron chi connectivity index (χ3n) is 3.69. The van der Waals surface area contributed by atoms with E-state index < -0.39 is 5.92 Å². The Morgan fingerprint density at radius 2 is 2.37 bits per heavy atom. The van der Waals surface area contributed by atoms with Crippen molar-refractivity contribution in [1.29, 1.82) is 0 Å². The Balaban J connectivity index is 2.05. The Morgan fingerprint density at radius 3 is 3.00 bits per heavy atom. The summed E-state index contributed by atoms with van der Waals surface area (Å²) in [6.45, 7) is 0. The SMILES string of the molecule is NNC(CC1CCCC(F)(F)C1)c1ccncc1Cl. The van der Waals surface area contributed by atoms with Gasteiger partial charge in [0.2, 0.25) is 5.92 Å². The van der Waals surface area contributed by atoms with Crippen molar-refractivity contribution in [3.05, 3.63) is 29.0 Å². The number of hydrogen-bond acceptors (Lipinski definition) is 3. The van der Waals surface area contributed by atoms with Gasteiger partial charge in [-0.2, -0.15) is 0 Å². The van der Waals surface area contributed by atoms with Crippen LogP contribution < -0.4 is 11.3 Å². The van der Waals surface area contributed by atoms with Crippen molar-refractivity contribution >= 4 is 11.6 Å². The molecule has 2 unspecified atom stereocenters. The molecule has 0 radical (unpaired) electrons. The first kappa shape index (κ1) is 14.6. The molecule has 3 nitrogen and oxygen atoms in total. The Bertz CT molecular complexity index is 428. The van der Waals surface area contributed by atoms with Gasteiger partial charge in [0.25, 0.3) is 0 Å². The van der Waals surface area contributed by atoms with Gasteiger partial charge in [0.15, 0.2) is 0 Å². The Labute approximate surface area is 116 Å². The highest BCUT2D eigenvalue weighted by molar-refractivity contribution is 6.31. The topological polar surface area (TPSA) is 50.9 Å². The van der Waals surface area contributed by atoms with Crippen LogP contribution in [0.15, 0.2) is 18.5 Å². The van der Waals surface area contributed by atoms with Crippen LogP contribution in [-0.2, 0) is 0 Å². The summed E-state index contributed by atoms with van der Waals surface area (Å²) in [6, 6.07) is 1.56. The molecule has 0 bridgehead atoms. The van der Waals surface area contributed by atoms with Crippen LogP contribution in [0.4, 0.5) is 8.78 Å². The van der Waals surface area contributed by atoms with Gasteiger partial charge in [-0.05, 0) is 36.8 Å². The van der Waals surface area contributed by atoms with Crippen molar-refractivity contribution in [2.24, 2.45) is 11.8 Å². The number of alkyl halides is 2. The fourth-order valence-electron chi connectivity index (χ4n) is 2.76. The van der Waals surface area contributed by atoms with E-state index in [-0.39, 0.29) is 24.8 Å². The fourth-order valence-corrected chi connectivity index (χ4v) is 3.01. The maximum absolute atomic E-state index is 13.4. The first-order valence-corrected chi connectivity index (χ1v) is 6.83. The lowest BCUT2D eigenvalue weighted by Gasteiger charge is -2.31. The summed E-state index contributed by atoms with van der Waals surface area (Å²) in [5.41, 5.74) is 3.49. The highest BCUT2D eigenvalue weighted by Gasteiger charge is 2.37. The van der Waals surface area contributed by atoms with Gasteiger partial charge in [-0.25, -0.2) is 8.78 Å². The minimum atomic E-state index is -2.54. The minimum absolute atomic E-state index is 0.000232. The summed E-state index contributed by atoms with van der Waals surface area (Å²) >= 11 is 6.07. The van der Waals surface area contributed by atoms with E-state index in [0.717, 1.165) is 12.0 Å². The molecule has 106 valence electrons. The maximum Gasteiger partial charge on any atom is 0.248 e. The van der Waals surface area contributed by atoms with E-state index >= 15 is 0 Å². The third kappa shape index (κ3) is 3.84. The Morgan fingerprint density at radius 1 is 1.58 bits per heavy atom. The molecule has 0 spiro atoms. The molecule has 2 atom stereocenters. The lowest BCUT2D eigenvalue weighted by atomic mass is 9.81. The van der Waals surface area contributed by atoms with Crippen molar-refractivity contribution in [2.45, 2.75) is 44.1 Å². The second kappa shape index (κ2) is 6.11. The summed E-state index contributed by atoms with van der Waals surface area (Å²) < 4.78 is 26.8. The molecule has 0 amide bonds. The van der Waals surface area contributed by atoms with Crippen LogP contribution in [0.2, 0.25) is 5.02 Å². The van der Waals surface area contributed by atoms with Crippen molar-refractivity contribution in [1.82, 2.24) is 10.4 Å². The second-order valence-electron chi connectivity index (χ2n) is 5.17. The predicted octanol–water partition coefficient (Wildman–Crippen LogP) is 3.46. The normalized spacial score (nSPS) is 24.1. The third-order valence-corrected chi connectivity index (χ3v) is 4.01. The molecule has 2 rings (SSSR count).